The molecule has 6 heteroatoms. The maximum absolute atomic E-state index is 5.83. The van der Waals surface area contributed by atoms with E-state index in [0.29, 0.717) is 0 Å². The van der Waals surface area contributed by atoms with Crippen LogP contribution in [-0.4, -0.2) is 41.7 Å². The highest BCUT2D eigenvalue weighted by Crippen LogP contribution is 2.42. The van der Waals surface area contributed by atoms with Crippen LogP contribution in [0.2, 0.25) is 6.04 Å². The first kappa shape index (κ1) is 19.0. The first-order valence-electron chi connectivity index (χ1n) is 7.20. The molecule has 1 aliphatic heterocycles. The Hall–Kier alpha value is 0.0169. The SMILES string of the molecule is CCCC1(OC)CCCC[Si]1(OC)OC.CCNN. The zero-order valence-electron chi connectivity index (χ0n) is 13.3. The van der Waals surface area contributed by atoms with E-state index in [-0.39, 0.29) is 5.22 Å². The lowest BCUT2D eigenvalue weighted by molar-refractivity contribution is -0.0149. The molecule has 1 rings (SSSR count). The number of hydrogen-bond acceptors (Lipinski definition) is 5. The fourth-order valence-electron chi connectivity index (χ4n) is 2.92. The highest BCUT2D eigenvalue weighted by Gasteiger charge is 2.58. The Labute approximate surface area is 119 Å². The van der Waals surface area contributed by atoms with Crippen LogP contribution in [0.25, 0.3) is 0 Å². The van der Waals surface area contributed by atoms with Crippen LogP contribution in [0.3, 0.4) is 0 Å². The number of nitrogens with one attached hydrogen (secondary N) is 1. The standard InChI is InChI=1S/C11H24O3Si.C2H8N2/c1-5-8-11(12-2)9-6-7-10-15(11,13-3)14-4;1-2-4-3/h5-10H2,1-4H3;4H,2-3H2,1H3. The third kappa shape index (κ3) is 4.51. The van der Waals surface area contributed by atoms with Gasteiger partial charge in [0.15, 0.2) is 0 Å². The summed E-state index contributed by atoms with van der Waals surface area (Å²) in [6.07, 6.45) is 5.70. The van der Waals surface area contributed by atoms with Gasteiger partial charge in [-0.25, -0.2) is 0 Å². The number of hydrazine groups is 1. The lowest BCUT2D eigenvalue weighted by Crippen LogP contribution is -2.64. The number of methoxy groups -OCH3 is 1. The fraction of sp³-hybridized carbons (Fsp3) is 1.00. The molecule has 1 unspecified atom stereocenters. The summed E-state index contributed by atoms with van der Waals surface area (Å²) in [6.45, 7) is 4.99. The van der Waals surface area contributed by atoms with Crippen molar-refractivity contribution in [1.29, 1.82) is 0 Å². The van der Waals surface area contributed by atoms with Crippen molar-refractivity contribution in [1.82, 2.24) is 5.43 Å². The number of rotatable bonds is 6. The van der Waals surface area contributed by atoms with Gasteiger partial charge >= 0.3 is 8.56 Å². The molecular formula is C13H32N2O3Si. The molecule has 0 aromatic heterocycles. The molecule has 0 aromatic carbocycles. The largest absolute Gasteiger partial charge is 0.396 e. The third-order valence-electron chi connectivity index (χ3n) is 3.94. The van der Waals surface area contributed by atoms with Crippen molar-refractivity contribution in [2.24, 2.45) is 5.84 Å². The lowest BCUT2D eigenvalue weighted by atomic mass is 10.1. The molecule has 3 N–H and O–H groups in total. The van der Waals surface area contributed by atoms with Crippen molar-refractivity contribution in [2.45, 2.75) is 57.2 Å². The van der Waals surface area contributed by atoms with Gasteiger partial charge in [-0.3, -0.25) is 11.3 Å². The minimum absolute atomic E-state index is 0.122. The maximum atomic E-state index is 5.83. The van der Waals surface area contributed by atoms with Crippen molar-refractivity contribution in [3.8, 4) is 0 Å². The molecule has 0 spiro atoms. The van der Waals surface area contributed by atoms with E-state index >= 15 is 0 Å². The van der Waals surface area contributed by atoms with Gasteiger partial charge < -0.3 is 13.6 Å². The van der Waals surface area contributed by atoms with Crippen LogP contribution in [0, 0.1) is 0 Å². The van der Waals surface area contributed by atoms with Crippen molar-refractivity contribution < 1.29 is 13.6 Å². The molecule has 0 bridgehead atoms. The molecule has 1 fully saturated rings. The van der Waals surface area contributed by atoms with E-state index in [2.05, 4.69) is 12.3 Å². The first-order valence-corrected chi connectivity index (χ1v) is 9.23. The quantitative estimate of drug-likeness (QED) is 0.446. The first-order chi connectivity index (χ1) is 9.11. The molecule has 1 aliphatic rings. The summed E-state index contributed by atoms with van der Waals surface area (Å²) in [6, 6.07) is 1.06. The van der Waals surface area contributed by atoms with Crippen LogP contribution in [0.15, 0.2) is 0 Å². The van der Waals surface area contributed by atoms with Gasteiger partial charge in [-0.05, 0) is 18.9 Å². The van der Waals surface area contributed by atoms with Crippen LogP contribution < -0.4 is 11.3 Å². The van der Waals surface area contributed by atoms with Gasteiger partial charge in [0.1, 0.15) is 5.22 Å². The normalized spacial score (nSPS) is 25.6. The Kier molecular flexibility index (Phi) is 9.86. The third-order valence-corrected chi connectivity index (χ3v) is 8.36. The van der Waals surface area contributed by atoms with Crippen LogP contribution >= 0.6 is 0 Å². The summed E-state index contributed by atoms with van der Waals surface area (Å²) in [5.41, 5.74) is 2.43. The van der Waals surface area contributed by atoms with Crippen LogP contribution in [0.4, 0.5) is 0 Å². The summed E-state index contributed by atoms with van der Waals surface area (Å²) >= 11 is 0. The smallest absolute Gasteiger partial charge is 0.370 e. The number of ether oxygens (including phenoxy) is 1. The average molecular weight is 292 g/mol. The van der Waals surface area contributed by atoms with Crippen molar-refractivity contribution in [2.75, 3.05) is 27.9 Å². The highest BCUT2D eigenvalue weighted by molar-refractivity contribution is 6.70. The molecular weight excluding hydrogens is 260 g/mol. The summed E-state index contributed by atoms with van der Waals surface area (Å²) in [5.74, 6) is 4.78. The monoisotopic (exact) mass is 292 g/mol. The second-order valence-electron chi connectivity index (χ2n) is 4.87. The van der Waals surface area contributed by atoms with E-state index in [1.165, 1.54) is 12.8 Å². The lowest BCUT2D eigenvalue weighted by Gasteiger charge is -2.47. The molecule has 1 atom stereocenters. The molecule has 0 radical (unpaired) electrons. The van der Waals surface area contributed by atoms with Gasteiger partial charge in [0.2, 0.25) is 0 Å². The molecule has 1 heterocycles. The Balaban J connectivity index is 0.000000711. The Bertz CT molecular complexity index is 222. The molecule has 0 amide bonds. The Morgan fingerprint density at radius 1 is 1.16 bits per heavy atom. The summed E-state index contributed by atoms with van der Waals surface area (Å²) in [4.78, 5) is 0. The second-order valence-corrected chi connectivity index (χ2v) is 8.61. The van der Waals surface area contributed by atoms with Gasteiger partial charge in [0.25, 0.3) is 0 Å². The van der Waals surface area contributed by atoms with Gasteiger partial charge in [-0.15, -0.1) is 0 Å². The fourth-order valence-corrected chi connectivity index (χ4v) is 6.91. The predicted octanol–water partition coefficient (Wildman–Crippen LogP) is 2.10. The van der Waals surface area contributed by atoms with Crippen molar-refractivity contribution in [3.05, 3.63) is 0 Å². The van der Waals surface area contributed by atoms with Crippen molar-refractivity contribution in [3.63, 3.8) is 0 Å². The average Bonchev–Trinajstić information content (AvgIpc) is 2.48. The molecule has 0 aromatic rings. The van der Waals surface area contributed by atoms with Gasteiger partial charge in [-0.2, -0.15) is 0 Å². The maximum Gasteiger partial charge on any atom is 0.370 e. The van der Waals surface area contributed by atoms with Crippen LogP contribution in [0.1, 0.15) is 46.0 Å². The second kappa shape index (κ2) is 9.85. The predicted molar refractivity (Wildman–Crippen MR) is 80.9 cm³/mol. The Morgan fingerprint density at radius 3 is 2.11 bits per heavy atom. The Morgan fingerprint density at radius 2 is 1.74 bits per heavy atom. The van der Waals surface area contributed by atoms with Gasteiger partial charge in [0, 0.05) is 27.9 Å². The zero-order valence-corrected chi connectivity index (χ0v) is 14.3. The molecule has 0 saturated carbocycles. The molecule has 1 saturated heterocycles. The van der Waals surface area contributed by atoms with Gasteiger partial charge in [0.05, 0.1) is 0 Å². The van der Waals surface area contributed by atoms with E-state index in [1.54, 1.807) is 21.3 Å². The van der Waals surface area contributed by atoms with E-state index in [1.807, 2.05) is 6.92 Å². The van der Waals surface area contributed by atoms with Crippen molar-refractivity contribution >= 4 is 8.56 Å². The van der Waals surface area contributed by atoms with E-state index in [0.717, 1.165) is 31.9 Å². The van der Waals surface area contributed by atoms with Gasteiger partial charge in [-0.1, -0.05) is 33.1 Å². The van der Waals surface area contributed by atoms with E-state index < -0.39 is 8.56 Å². The van der Waals surface area contributed by atoms with E-state index in [9.17, 15) is 0 Å². The molecule has 116 valence electrons. The molecule has 5 nitrogen and oxygen atoms in total. The summed E-state index contributed by atoms with van der Waals surface area (Å²) in [5, 5.41) is -0.122. The highest BCUT2D eigenvalue weighted by atomic mass is 28.4. The van der Waals surface area contributed by atoms with Crippen LogP contribution in [-0.2, 0) is 13.6 Å². The minimum atomic E-state index is -2.15. The summed E-state index contributed by atoms with van der Waals surface area (Å²) in [7, 11) is 3.22. The van der Waals surface area contributed by atoms with E-state index in [4.69, 9.17) is 19.4 Å². The molecule has 0 aliphatic carbocycles. The number of nitrogens with two attached hydrogens (primary N) is 1. The topological polar surface area (TPSA) is 65.7 Å². The zero-order chi connectivity index (χ0) is 14.8. The van der Waals surface area contributed by atoms with Crippen LogP contribution in [0.5, 0.6) is 0 Å². The number of hydrogen-bond donors (Lipinski definition) is 2. The molecule has 19 heavy (non-hydrogen) atoms. The minimum Gasteiger partial charge on any atom is -0.396 e. The summed E-state index contributed by atoms with van der Waals surface area (Å²) < 4.78 is 17.4.